The van der Waals surface area contributed by atoms with Gasteiger partial charge in [0.2, 0.25) is 0 Å². The number of nitrogens with zero attached hydrogens (tertiary/aromatic N) is 5. The molecule has 1 aliphatic carbocycles. The Labute approximate surface area is 200 Å². The highest BCUT2D eigenvalue weighted by Crippen LogP contribution is 2.35. The Morgan fingerprint density at radius 3 is 2.44 bits per heavy atom. The average molecular weight is 490 g/mol. The molecule has 32 heavy (non-hydrogen) atoms. The minimum atomic E-state index is -0.500. The van der Waals surface area contributed by atoms with Gasteiger partial charge in [-0.2, -0.15) is 10.2 Å². The van der Waals surface area contributed by atoms with Gasteiger partial charge < -0.3 is 4.90 Å². The number of hydrogen-bond acceptors (Lipinski definition) is 6. The summed E-state index contributed by atoms with van der Waals surface area (Å²) in [7, 11) is 0. The lowest BCUT2D eigenvalue weighted by atomic mass is 10.1. The molecule has 5 rings (SSSR count). The number of hydrazone groups is 1. The van der Waals surface area contributed by atoms with Crippen molar-refractivity contribution < 1.29 is 4.79 Å². The minimum absolute atomic E-state index is 0.303. The second-order valence-electron chi connectivity index (χ2n) is 7.79. The summed E-state index contributed by atoms with van der Waals surface area (Å²) >= 11 is 18.6. The van der Waals surface area contributed by atoms with Gasteiger partial charge in [0, 0.05) is 33.1 Å². The van der Waals surface area contributed by atoms with E-state index in [0.29, 0.717) is 45.7 Å². The van der Waals surface area contributed by atoms with Gasteiger partial charge in [-0.15, -0.1) is 0 Å². The van der Waals surface area contributed by atoms with E-state index in [9.17, 15) is 4.79 Å². The smallest absolute Gasteiger partial charge is 0.176 e. The van der Waals surface area contributed by atoms with E-state index in [1.807, 2.05) is 24.3 Å². The number of carbonyl (C=O) groups excluding carboxylic acids is 1. The van der Waals surface area contributed by atoms with Gasteiger partial charge in [0.25, 0.3) is 0 Å². The first-order valence-corrected chi connectivity index (χ1v) is 11.3. The van der Waals surface area contributed by atoms with Gasteiger partial charge in [-0.3, -0.25) is 14.9 Å². The van der Waals surface area contributed by atoms with Crippen LogP contribution >= 0.6 is 34.8 Å². The SMILES string of the molecule is O=CC1N(Cc2nc(Cc3c(Cl)cccc3Cl)n[nH]2)N=C(c2ccc(Cl)cc2)N1C1CC1. The number of aromatic nitrogens is 3. The zero-order valence-corrected chi connectivity index (χ0v) is 19.1. The molecular formula is C22H19Cl3N6O. The molecule has 164 valence electrons. The summed E-state index contributed by atoms with van der Waals surface area (Å²) in [5, 5.41) is 15.5. The number of halogens is 3. The molecule has 7 nitrogen and oxygen atoms in total. The van der Waals surface area contributed by atoms with E-state index in [4.69, 9.17) is 39.9 Å². The van der Waals surface area contributed by atoms with Crippen molar-refractivity contribution in [3.05, 3.63) is 80.3 Å². The second kappa shape index (κ2) is 8.73. The maximum atomic E-state index is 12.0. The van der Waals surface area contributed by atoms with Crippen LogP contribution in [0.5, 0.6) is 0 Å². The van der Waals surface area contributed by atoms with Crippen LogP contribution in [0.4, 0.5) is 0 Å². The van der Waals surface area contributed by atoms with Crippen molar-refractivity contribution in [3.8, 4) is 0 Å². The molecule has 2 heterocycles. The van der Waals surface area contributed by atoms with Crippen molar-refractivity contribution in [1.82, 2.24) is 25.1 Å². The maximum Gasteiger partial charge on any atom is 0.176 e. The molecule has 0 amide bonds. The molecule has 1 aliphatic heterocycles. The van der Waals surface area contributed by atoms with Crippen molar-refractivity contribution in [1.29, 1.82) is 0 Å². The van der Waals surface area contributed by atoms with Gasteiger partial charge in [-0.25, -0.2) is 4.98 Å². The molecule has 10 heteroatoms. The molecule has 0 spiro atoms. The van der Waals surface area contributed by atoms with E-state index < -0.39 is 6.17 Å². The van der Waals surface area contributed by atoms with Crippen molar-refractivity contribution in [2.75, 3.05) is 0 Å². The molecule has 1 aromatic heterocycles. The molecule has 0 bridgehead atoms. The van der Waals surface area contributed by atoms with Gasteiger partial charge in [0.15, 0.2) is 24.1 Å². The molecule has 3 aromatic rings. The Bertz CT molecular complexity index is 1150. The van der Waals surface area contributed by atoms with Crippen molar-refractivity contribution in [3.63, 3.8) is 0 Å². The van der Waals surface area contributed by atoms with Gasteiger partial charge >= 0.3 is 0 Å². The van der Waals surface area contributed by atoms with Gasteiger partial charge in [-0.1, -0.05) is 40.9 Å². The first kappa shape index (κ1) is 21.2. The lowest BCUT2D eigenvalue weighted by molar-refractivity contribution is -0.115. The third-order valence-corrected chi connectivity index (χ3v) is 6.47. The van der Waals surface area contributed by atoms with Crippen LogP contribution in [0.2, 0.25) is 15.1 Å². The number of aromatic amines is 1. The standard InChI is InChI=1S/C22H19Cl3N6O/c23-14-6-4-13(5-7-14)22-29-30(21(12-32)31(22)15-8-9-15)11-20-26-19(27-28-20)10-16-17(24)2-1-3-18(16)25/h1-7,12,15,21H,8-11H2,(H,26,27,28). The lowest BCUT2D eigenvalue weighted by Gasteiger charge is -2.27. The first-order chi connectivity index (χ1) is 15.5. The monoisotopic (exact) mass is 488 g/mol. The number of hydrogen-bond donors (Lipinski definition) is 1. The van der Waals surface area contributed by atoms with Crippen molar-refractivity contribution in [2.24, 2.45) is 5.10 Å². The highest BCUT2D eigenvalue weighted by molar-refractivity contribution is 6.36. The van der Waals surface area contributed by atoms with Crippen molar-refractivity contribution >= 4 is 46.9 Å². The number of nitrogens with one attached hydrogen (secondary N) is 1. The first-order valence-electron chi connectivity index (χ1n) is 10.2. The number of benzene rings is 2. The van der Waals surface area contributed by atoms with Crippen LogP contribution in [0.15, 0.2) is 47.6 Å². The Kier molecular flexibility index (Phi) is 5.80. The van der Waals surface area contributed by atoms with Crippen LogP contribution in [0.25, 0.3) is 0 Å². The molecule has 0 radical (unpaired) electrons. The van der Waals surface area contributed by atoms with E-state index in [2.05, 4.69) is 20.1 Å². The van der Waals surface area contributed by atoms with Gasteiger partial charge in [0.1, 0.15) is 5.82 Å². The number of aldehydes is 1. The molecular weight excluding hydrogens is 471 g/mol. The van der Waals surface area contributed by atoms with E-state index >= 15 is 0 Å². The Morgan fingerprint density at radius 2 is 1.78 bits per heavy atom. The molecule has 1 saturated carbocycles. The van der Waals surface area contributed by atoms with E-state index in [0.717, 1.165) is 36.1 Å². The Morgan fingerprint density at radius 1 is 1.06 bits per heavy atom. The summed E-state index contributed by atoms with van der Waals surface area (Å²) in [5.41, 5.74) is 1.69. The normalized spacial score (nSPS) is 18.2. The second-order valence-corrected chi connectivity index (χ2v) is 9.04. The summed E-state index contributed by atoms with van der Waals surface area (Å²) in [5.74, 6) is 1.94. The van der Waals surface area contributed by atoms with Crippen LogP contribution in [-0.4, -0.2) is 49.4 Å². The Hall–Kier alpha value is -2.61. The highest BCUT2D eigenvalue weighted by atomic mass is 35.5. The summed E-state index contributed by atoms with van der Waals surface area (Å²) in [4.78, 5) is 18.7. The topological polar surface area (TPSA) is 77.5 Å². The minimum Gasteiger partial charge on any atom is -0.324 e. The fraction of sp³-hybridized carbons (Fsp3) is 0.273. The van der Waals surface area contributed by atoms with Crippen LogP contribution in [0.3, 0.4) is 0 Å². The zero-order chi connectivity index (χ0) is 22.2. The fourth-order valence-electron chi connectivity index (χ4n) is 3.81. The number of carbonyl (C=O) groups is 1. The van der Waals surface area contributed by atoms with E-state index in [-0.39, 0.29) is 0 Å². The predicted molar refractivity (Wildman–Crippen MR) is 124 cm³/mol. The number of H-pyrrole nitrogens is 1. The summed E-state index contributed by atoms with van der Waals surface area (Å²) < 4.78 is 0. The van der Waals surface area contributed by atoms with Crippen LogP contribution in [-0.2, 0) is 17.8 Å². The zero-order valence-electron chi connectivity index (χ0n) is 16.9. The van der Waals surface area contributed by atoms with Gasteiger partial charge in [-0.05, 0) is 54.8 Å². The van der Waals surface area contributed by atoms with Gasteiger partial charge in [0.05, 0.1) is 6.54 Å². The largest absolute Gasteiger partial charge is 0.324 e. The lowest BCUT2D eigenvalue weighted by Crippen LogP contribution is -2.44. The third-order valence-electron chi connectivity index (χ3n) is 5.51. The molecule has 2 aliphatic rings. The molecule has 1 atom stereocenters. The molecule has 0 saturated heterocycles. The third kappa shape index (κ3) is 4.20. The summed E-state index contributed by atoms with van der Waals surface area (Å²) in [6.45, 7) is 0.312. The number of rotatable bonds is 7. The quantitative estimate of drug-likeness (QED) is 0.494. The highest BCUT2D eigenvalue weighted by Gasteiger charge is 2.43. The summed E-state index contributed by atoms with van der Waals surface area (Å²) in [6, 6.07) is 13.2. The van der Waals surface area contributed by atoms with Crippen LogP contribution < -0.4 is 0 Å². The molecule has 2 aromatic carbocycles. The maximum absolute atomic E-state index is 12.0. The predicted octanol–water partition coefficient (Wildman–Crippen LogP) is 4.52. The molecule has 1 fully saturated rings. The van der Waals surface area contributed by atoms with E-state index in [1.54, 1.807) is 23.2 Å². The summed E-state index contributed by atoms with van der Waals surface area (Å²) in [6.07, 6.45) is 2.90. The fourth-order valence-corrected chi connectivity index (χ4v) is 4.47. The molecule has 1 unspecified atom stereocenters. The molecule has 1 N–H and O–H groups in total. The number of amidine groups is 1. The average Bonchev–Trinajstić information content (AvgIpc) is 3.42. The van der Waals surface area contributed by atoms with Crippen LogP contribution in [0, 0.1) is 0 Å². The Balaban J connectivity index is 1.38. The van der Waals surface area contributed by atoms with E-state index in [1.165, 1.54) is 0 Å². The van der Waals surface area contributed by atoms with Crippen LogP contribution in [0.1, 0.15) is 35.6 Å². The van der Waals surface area contributed by atoms with Crippen molar-refractivity contribution in [2.45, 2.75) is 38.0 Å².